The van der Waals surface area contributed by atoms with Crippen LogP contribution in [0.1, 0.15) is 57.4 Å². The molecule has 0 heterocycles. The van der Waals surface area contributed by atoms with Gasteiger partial charge in [-0.2, -0.15) is 5.10 Å². The second kappa shape index (κ2) is 10.7. The number of hydrazone groups is 1. The van der Waals surface area contributed by atoms with Crippen molar-refractivity contribution in [2.75, 3.05) is 7.11 Å². The van der Waals surface area contributed by atoms with Crippen LogP contribution in [0.3, 0.4) is 0 Å². The van der Waals surface area contributed by atoms with Crippen molar-refractivity contribution >= 4 is 12.1 Å². The van der Waals surface area contributed by atoms with Gasteiger partial charge in [0.25, 0.3) is 0 Å². The molecule has 1 rings (SSSR count). The maximum Gasteiger partial charge on any atom is 0.240 e. The molecule has 5 nitrogen and oxygen atoms in total. The molecule has 1 aromatic rings. The number of methoxy groups -OCH3 is 1. The quantitative estimate of drug-likeness (QED) is 0.394. The number of benzene rings is 1. The summed E-state index contributed by atoms with van der Waals surface area (Å²) in [6, 6.07) is 4.93. The van der Waals surface area contributed by atoms with Gasteiger partial charge in [-0.05, 0) is 30.2 Å². The van der Waals surface area contributed by atoms with Gasteiger partial charge in [-0.3, -0.25) is 4.79 Å². The minimum absolute atomic E-state index is 0.0462. The lowest BCUT2D eigenvalue weighted by atomic mass is 10.1. The molecule has 0 saturated carbocycles. The molecule has 0 unspecified atom stereocenters. The van der Waals surface area contributed by atoms with E-state index in [2.05, 4.69) is 17.5 Å². The average Bonchev–Trinajstić information content (AvgIpc) is 2.51. The van der Waals surface area contributed by atoms with Crippen LogP contribution in [0.2, 0.25) is 0 Å². The van der Waals surface area contributed by atoms with E-state index in [4.69, 9.17) is 4.74 Å². The first-order valence-corrected chi connectivity index (χ1v) is 7.86. The third-order valence-electron chi connectivity index (χ3n) is 3.36. The van der Waals surface area contributed by atoms with Gasteiger partial charge in [-0.25, -0.2) is 5.43 Å². The lowest BCUT2D eigenvalue weighted by Crippen LogP contribution is -2.16. The van der Waals surface area contributed by atoms with Crippen molar-refractivity contribution in [2.24, 2.45) is 5.10 Å². The van der Waals surface area contributed by atoms with Crippen LogP contribution >= 0.6 is 0 Å². The molecule has 0 aliphatic carbocycles. The number of aromatic hydroxyl groups is 1. The van der Waals surface area contributed by atoms with Crippen LogP contribution in [0.4, 0.5) is 0 Å². The molecule has 0 aliphatic rings. The van der Waals surface area contributed by atoms with Crippen molar-refractivity contribution in [1.82, 2.24) is 5.43 Å². The van der Waals surface area contributed by atoms with Gasteiger partial charge >= 0.3 is 0 Å². The van der Waals surface area contributed by atoms with Crippen molar-refractivity contribution in [1.29, 1.82) is 0 Å². The number of nitrogens with one attached hydrogen (secondary N) is 1. The fourth-order valence-electron chi connectivity index (χ4n) is 2.09. The van der Waals surface area contributed by atoms with Gasteiger partial charge in [0.15, 0.2) is 11.5 Å². The molecule has 5 heteroatoms. The standard InChI is InChI=1S/C17H26N2O3/c1-3-4-5-6-7-8-9-17(21)19-18-13-14-10-11-16(22-2)15(20)12-14/h10-13,20H,3-9H2,1-2H3,(H,19,21). The van der Waals surface area contributed by atoms with Gasteiger partial charge < -0.3 is 9.84 Å². The molecule has 0 radical (unpaired) electrons. The fourth-order valence-corrected chi connectivity index (χ4v) is 2.09. The summed E-state index contributed by atoms with van der Waals surface area (Å²) in [5.74, 6) is 0.374. The molecule has 0 saturated heterocycles. The molecule has 0 atom stereocenters. The van der Waals surface area contributed by atoms with Gasteiger partial charge in [0.1, 0.15) is 0 Å². The molecule has 22 heavy (non-hydrogen) atoms. The molecule has 0 aromatic heterocycles. The van der Waals surface area contributed by atoms with Gasteiger partial charge in [0.05, 0.1) is 13.3 Å². The van der Waals surface area contributed by atoms with E-state index >= 15 is 0 Å². The first-order valence-electron chi connectivity index (χ1n) is 7.86. The highest BCUT2D eigenvalue weighted by molar-refractivity contribution is 5.83. The third-order valence-corrected chi connectivity index (χ3v) is 3.36. The molecule has 1 aromatic carbocycles. The van der Waals surface area contributed by atoms with E-state index in [0.717, 1.165) is 12.8 Å². The van der Waals surface area contributed by atoms with E-state index in [9.17, 15) is 9.90 Å². The molecular formula is C17H26N2O3. The van der Waals surface area contributed by atoms with Crippen molar-refractivity contribution in [3.8, 4) is 11.5 Å². The molecule has 0 aliphatic heterocycles. The maximum absolute atomic E-state index is 11.6. The summed E-state index contributed by atoms with van der Waals surface area (Å²) in [4.78, 5) is 11.6. The Labute approximate surface area is 132 Å². The number of ether oxygens (including phenoxy) is 1. The number of amides is 1. The maximum atomic E-state index is 11.6. The van der Waals surface area contributed by atoms with E-state index in [1.807, 2.05) is 0 Å². The highest BCUT2D eigenvalue weighted by atomic mass is 16.5. The van der Waals surface area contributed by atoms with Crippen molar-refractivity contribution < 1.29 is 14.6 Å². The van der Waals surface area contributed by atoms with E-state index in [1.165, 1.54) is 45.1 Å². The Morgan fingerprint density at radius 2 is 2.00 bits per heavy atom. The lowest BCUT2D eigenvalue weighted by Gasteiger charge is -2.03. The second-order valence-corrected chi connectivity index (χ2v) is 5.24. The topological polar surface area (TPSA) is 70.9 Å². The third kappa shape index (κ3) is 7.11. The fraction of sp³-hybridized carbons (Fsp3) is 0.529. The number of phenolic OH excluding ortho intramolecular Hbond substituents is 1. The molecule has 0 bridgehead atoms. The van der Waals surface area contributed by atoms with Crippen LogP contribution in [0.5, 0.6) is 11.5 Å². The second-order valence-electron chi connectivity index (χ2n) is 5.24. The Hall–Kier alpha value is -2.04. The smallest absolute Gasteiger partial charge is 0.240 e. The van der Waals surface area contributed by atoms with Crippen LogP contribution in [-0.2, 0) is 4.79 Å². The van der Waals surface area contributed by atoms with Crippen molar-refractivity contribution in [2.45, 2.75) is 51.9 Å². The SMILES string of the molecule is CCCCCCCCC(=O)NN=Cc1ccc(OC)c(O)c1. The molecule has 0 fully saturated rings. The van der Waals surface area contributed by atoms with Crippen molar-refractivity contribution in [3.63, 3.8) is 0 Å². The first-order chi connectivity index (χ1) is 10.7. The summed E-state index contributed by atoms with van der Waals surface area (Å²) < 4.78 is 4.96. The van der Waals surface area contributed by atoms with Crippen molar-refractivity contribution in [3.05, 3.63) is 23.8 Å². The number of nitrogens with zero attached hydrogens (tertiary/aromatic N) is 1. The minimum Gasteiger partial charge on any atom is -0.504 e. The number of rotatable bonds is 10. The summed E-state index contributed by atoms with van der Waals surface area (Å²) in [6.07, 6.45) is 8.92. The van der Waals surface area contributed by atoms with Crippen LogP contribution in [0.25, 0.3) is 0 Å². The number of unbranched alkanes of at least 4 members (excludes halogenated alkanes) is 5. The molecular weight excluding hydrogens is 280 g/mol. The zero-order valence-electron chi connectivity index (χ0n) is 13.5. The molecule has 122 valence electrons. The number of phenols is 1. The van der Waals surface area contributed by atoms with Gasteiger partial charge in [-0.1, -0.05) is 39.0 Å². The normalized spacial score (nSPS) is 10.8. The van der Waals surface area contributed by atoms with Gasteiger partial charge in [0, 0.05) is 6.42 Å². The Morgan fingerprint density at radius 3 is 2.68 bits per heavy atom. The van der Waals surface area contributed by atoms with Gasteiger partial charge in [0.2, 0.25) is 5.91 Å². The molecule has 0 spiro atoms. The Kier molecular flexibility index (Phi) is 8.72. The predicted molar refractivity (Wildman–Crippen MR) is 88.4 cm³/mol. The molecule has 2 N–H and O–H groups in total. The number of carbonyl (C=O) groups is 1. The Balaban J connectivity index is 2.24. The van der Waals surface area contributed by atoms with Gasteiger partial charge in [-0.15, -0.1) is 0 Å². The minimum atomic E-state index is -0.0792. The summed E-state index contributed by atoms with van der Waals surface area (Å²) in [5.41, 5.74) is 3.19. The van der Waals surface area contributed by atoms with Crippen LogP contribution in [0, 0.1) is 0 Å². The Bertz CT molecular complexity index is 487. The van der Waals surface area contributed by atoms with Crippen LogP contribution < -0.4 is 10.2 Å². The van der Waals surface area contributed by atoms with E-state index < -0.39 is 0 Å². The van der Waals surface area contributed by atoms with Crippen LogP contribution in [0.15, 0.2) is 23.3 Å². The summed E-state index contributed by atoms with van der Waals surface area (Å²) in [5, 5.41) is 13.5. The zero-order valence-corrected chi connectivity index (χ0v) is 13.5. The zero-order chi connectivity index (χ0) is 16.2. The van der Waals surface area contributed by atoms with E-state index in [-0.39, 0.29) is 11.7 Å². The van der Waals surface area contributed by atoms with Crippen LogP contribution in [-0.4, -0.2) is 24.3 Å². The van der Waals surface area contributed by atoms with E-state index in [0.29, 0.717) is 17.7 Å². The lowest BCUT2D eigenvalue weighted by molar-refractivity contribution is -0.121. The largest absolute Gasteiger partial charge is 0.504 e. The predicted octanol–water partition coefficient (Wildman–Crippen LogP) is 3.60. The molecule has 1 amide bonds. The van der Waals surface area contributed by atoms with E-state index in [1.54, 1.807) is 12.1 Å². The summed E-state index contributed by atoms with van der Waals surface area (Å²) >= 11 is 0. The first kappa shape index (κ1) is 18.0. The Morgan fingerprint density at radius 1 is 1.27 bits per heavy atom. The average molecular weight is 306 g/mol. The highest BCUT2D eigenvalue weighted by Crippen LogP contribution is 2.25. The monoisotopic (exact) mass is 306 g/mol. The summed E-state index contributed by atoms with van der Waals surface area (Å²) in [7, 11) is 1.49. The number of hydrogen-bond donors (Lipinski definition) is 2. The number of hydrogen-bond acceptors (Lipinski definition) is 4. The highest BCUT2D eigenvalue weighted by Gasteiger charge is 2.01. The number of carbonyl (C=O) groups excluding carboxylic acids is 1. The summed E-state index contributed by atoms with van der Waals surface area (Å²) in [6.45, 7) is 2.19.